The molecule has 0 bridgehead atoms. The number of azo groups is 1. The molecule has 0 fully saturated rings. The fourth-order valence-corrected chi connectivity index (χ4v) is 2.31. The van der Waals surface area contributed by atoms with Crippen molar-refractivity contribution in [2.24, 2.45) is 31.0 Å². The largest absolute Gasteiger partial charge is 0.371 e. The van der Waals surface area contributed by atoms with Gasteiger partial charge in [0.15, 0.2) is 0 Å². The first-order chi connectivity index (χ1) is 9.42. The third kappa shape index (κ3) is 4.66. The summed E-state index contributed by atoms with van der Waals surface area (Å²) >= 11 is 0. The van der Waals surface area contributed by atoms with E-state index in [1.165, 1.54) is 0 Å². The first-order valence-electron chi connectivity index (χ1n) is 7.33. The highest BCUT2D eigenvalue weighted by Crippen LogP contribution is 2.21. The van der Waals surface area contributed by atoms with E-state index in [0.717, 1.165) is 37.9 Å². The fourth-order valence-electron chi connectivity index (χ4n) is 2.31. The molecule has 0 aliphatic carbocycles. The molecule has 2 heterocycles. The molecule has 0 amide bonds. The van der Waals surface area contributed by atoms with Crippen LogP contribution < -0.4 is 10.6 Å². The van der Waals surface area contributed by atoms with Crippen molar-refractivity contribution in [3.63, 3.8) is 0 Å². The summed E-state index contributed by atoms with van der Waals surface area (Å²) in [5, 5.41) is 15.4. The van der Waals surface area contributed by atoms with E-state index in [9.17, 15) is 0 Å². The quantitative estimate of drug-likeness (QED) is 0.735. The van der Waals surface area contributed by atoms with Crippen molar-refractivity contribution in [3.8, 4) is 0 Å². The highest BCUT2D eigenvalue weighted by atomic mass is 35.5. The topological polar surface area (TPSA) is 73.5 Å². The molecule has 0 aromatic rings. The predicted octanol–water partition coefficient (Wildman–Crippen LogP) is 1.92. The van der Waals surface area contributed by atoms with Crippen LogP contribution in [0.4, 0.5) is 0 Å². The van der Waals surface area contributed by atoms with Crippen molar-refractivity contribution in [1.82, 2.24) is 10.6 Å². The minimum atomic E-state index is -0.0622. The fraction of sp³-hybridized carbons (Fsp3) is 0.857. The number of rotatable bonds is 6. The molecule has 120 valence electrons. The van der Waals surface area contributed by atoms with Crippen LogP contribution in [0.5, 0.6) is 0 Å². The summed E-state index contributed by atoms with van der Waals surface area (Å²) in [4.78, 5) is 8.95. The average Bonchev–Trinajstić information content (AvgIpc) is 3.05. The number of nitrogens with zero attached hydrogens (tertiary/aromatic N) is 4. The smallest absolute Gasteiger partial charge is 0.104 e. The zero-order chi connectivity index (χ0) is 14.6. The van der Waals surface area contributed by atoms with Crippen molar-refractivity contribution in [2.45, 2.75) is 27.7 Å². The Hall–Kier alpha value is -1.17. The molecule has 2 aliphatic heterocycles. The highest BCUT2D eigenvalue weighted by Gasteiger charge is 2.28. The van der Waals surface area contributed by atoms with Gasteiger partial charge >= 0.3 is 0 Å². The van der Waals surface area contributed by atoms with Crippen molar-refractivity contribution < 1.29 is 0 Å². The number of aliphatic imine (C=N–C) groups is 2. The maximum atomic E-state index is 4.47. The lowest BCUT2D eigenvalue weighted by molar-refractivity contribution is 0.479. The Labute approximate surface area is 133 Å². The Morgan fingerprint density at radius 3 is 1.52 bits per heavy atom. The number of nitrogens with one attached hydrogen (secondary N) is 2. The Kier molecular flexibility index (Phi) is 6.13. The first-order valence-corrected chi connectivity index (χ1v) is 7.33. The number of halogens is 1. The SMILES string of the molecule is CC(C)(C/N=N/CC(C)(C)C1=NCCN1)C1=NCCN1.Cl. The van der Waals surface area contributed by atoms with E-state index in [1.807, 2.05) is 0 Å². The second-order valence-corrected chi connectivity index (χ2v) is 6.68. The molecule has 0 unspecified atom stereocenters. The molecular formula is C14H27ClN6. The van der Waals surface area contributed by atoms with E-state index in [0.29, 0.717) is 13.1 Å². The third-order valence-corrected chi connectivity index (χ3v) is 3.66. The molecule has 21 heavy (non-hydrogen) atoms. The van der Waals surface area contributed by atoms with Crippen LogP contribution in [0.3, 0.4) is 0 Å². The Morgan fingerprint density at radius 2 is 1.24 bits per heavy atom. The van der Waals surface area contributed by atoms with Crippen LogP contribution in [0.2, 0.25) is 0 Å². The molecule has 0 saturated heterocycles. The third-order valence-electron chi connectivity index (χ3n) is 3.66. The standard InChI is InChI=1S/C14H26N6.ClH/c1-13(2,11-15-5-6-16-11)9-19-20-10-14(3,4)12-17-7-8-18-12;/h5-10H2,1-4H3,(H,15,16)(H,17,18);1H/b20-19+;. The summed E-state index contributed by atoms with van der Waals surface area (Å²) in [5.41, 5.74) is -0.124. The van der Waals surface area contributed by atoms with Crippen LogP contribution in [-0.2, 0) is 0 Å². The summed E-state index contributed by atoms with van der Waals surface area (Å²) in [6.45, 7) is 13.5. The molecular weight excluding hydrogens is 288 g/mol. The van der Waals surface area contributed by atoms with Gasteiger partial charge < -0.3 is 10.6 Å². The second kappa shape index (κ2) is 7.20. The zero-order valence-corrected chi connectivity index (χ0v) is 14.3. The van der Waals surface area contributed by atoms with Crippen LogP contribution in [0.15, 0.2) is 20.2 Å². The molecule has 2 rings (SSSR count). The van der Waals surface area contributed by atoms with Gasteiger partial charge in [0.1, 0.15) is 11.7 Å². The zero-order valence-electron chi connectivity index (χ0n) is 13.4. The molecule has 0 aromatic carbocycles. The lowest BCUT2D eigenvalue weighted by atomic mass is 9.91. The lowest BCUT2D eigenvalue weighted by Gasteiger charge is -2.24. The van der Waals surface area contributed by atoms with Crippen molar-refractivity contribution >= 4 is 24.1 Å². The first kappa shape index (κ1) is 17.9. The molecule has 2 aliphatic rings. The van der Waals surface area contributed by atoms with Gasteiger partial charge in [-0.15, -0.1) is 12.4 Å². The van der Waals surface area contributed by atoms with E-state index in [-0.39, 0.29) is 23.2 Å². The summed E-state index contributed by atoms with van der Waals surface area (Å²) < 4.78 is 0. The van der Waals surface area contributed by atoms with E-state index in [1.54, 1.807) is 0 Å². The summed E-state index contributed by atoms with van der Waals surface area (Å²) in [6.07, 6.45) is 0. The van der Waals surface area contributed by atoms with Crippen LogP contribution >= 0.6 is 12.4 Å². The van der Waals surface area contributed by atoms with Gasteiger partial charge in [0.05, 0.1) is 26.2 Å². The average molecular weight is 315 g/mol. The number of amidine groups is 2. The normalized spacial score (nSPS) is 18.9. The molecule has 6 nitrogen and oxygen atoms in total. The van der Waals surface area contributed by atoms with Gasteiger partial charge in [-0.05, 0) is 0 Å². The molecule has 0 aromatic heterocycles. The molecule has 0 saturated carbocycles. The van der Waals surface area contributed by atoms with Crippen LogP contribution in [0, 0.1) is 10.8 Å². The second-order valence-electron chi connectivity index (χ2n) is 6.68. The molecule has 2 N–H and O–H groups in total. The van der Waals surface area contributed by atoms with Gasteiger partial charge in [0.2, 0.25) is 0 Å². The molecule has 0 atom stereocenters. The Balaban J connectivity index is 0.00000220. The number of hydrogen-bond donors (Lipinski definition) is 2. The highest BCUT2D eigenvalue weighted by molar-refractivity contribution is 5.89. The van der Waals surface area contributed by atoms with E-state index in [4.69, 9.17) is 0 Å². The van der Waals surface area contributed by atoms with Gasteiger partial charge in [-0.25, -0.2) is 0 Å². The van der Waals surface area contributed by atoms with Gasteiger partial charge in [-0.2, -0.15) is 10.2 Å². The summed E-state index contributed by atoms with van der Waals surface area (Å²) in [5.74, 6) is 2.11. The summed E-state index contributed by atoms with van der Waals surface area (Å²) in [7, 11) is 0. The summed E-state index contributed by atoms with van der Waals surface area (Å²) in [6, 6.07) is 0. The van der Waals surface area contributed by atoms with Gasteiger partial charge in [-0.1, -0.05) is 27.7 Å². The predicted molar refractivity (Wildman–Crippen MR) is 90.0 cm³/mol. The van der Waals surface area contributed by atoms with E-state index < -0.39 is 0 Å². The monoisotopic (exact) mass is 314 g/mol. The maximum absolute atomic E-state index is 4.47. The minimum Gasteiger partial charge on any atom is -0.371 e. The van der Waals surface area contributed by atoms with Crippen LogP contribution in [-0.4, -0.2) is 50.9 Å². The van der Waals surface area contributed by atoms with Crippen molar-refractivity contribution in [2.75, 3.05) is 39.3 Å². The van der Waals surface area contributed by atoms with E-state index >= 15 is 0 Å². The molecule has 7 heteroatoms. The van der Waals surface area contributed by atoms with Crippen LogP contribution in [0.25, 0.3) is 0 Å². The Morgan fingerprint density at radius 1 is 0.857 bits per heavy atom. The molecule has 0 radical (unpaired) electrons. The van der Waals surface area contributed by atoms with Crippen molar-refractivity contribution in [1.29, 1.82) is 0 Å². The van der Waals surface area contributed by atoms with Gasteiger partial charge in [0, 0.05) is 23.9 Å². The van der Waals surface area contributed by atoms with Crippen LogP contribution in [0.1, 0.15) is 27.7 Å². The van der Waals surface area contributed by atoms with Gasteiger partial charge in [-0.3, -0.25) is 9.98 Å². The van der Waals surface area contributed by atoms with E-state index in [2.05, 4.69) is 58.5 Å². The maximum Gasteiger partial charge on any atom is 0.104 e. The number of hydrogen-bond acceptors (Lipinski definition) is 6. The minimum absolute atomic E-state index is 0. The molecule has 0 spiro atoms. The lowest BCUT2D eigenvalue weighted by Crippen LogP contribution is -2.37. The van der Waals surface area contributed by atoms with Gasteiger partial charge in [0.25, 0.3) is 0 Å². The van der Waals surface area contributed by atoms with Crippen molar-refractivity contribution in [3.05, 3.63) is 0 Å². The Bertz CT molecular complexity index is 399.